The number of ether oxygens (including phenoxy) is 1. The number of methoxy groups -OCH3 is 1. The van der Waals surface area contributed by atoms with Crippen molar-refractivity contribution in [2.45, 2.75) is 0 Å². The van der Waals surface area contributed by atoms with Crippen molar-refractivity contribution in [1.29, 1.82) is 0 Å². The molecule has 2 aromatic rings. The molecule has 0 unspecified atom stereocenters. The topological polar surface area (TPSA) is 76.1 Å². The van der Waals surface area contributed by atoms with Crippen molar-refractivity contribution in [1.82, 2.24) is 10.2 Å². The van der Waals surface area contributed by atoms with Crippen molar-refractivity contribution in [3.63, 3.8) is 0 Å². The average Bonchev–Trinajstić information content (AvgIpc) is 2.90. The van der Waals surface area contributed by atoms with E-state index in [9.17, 15) is 4.79 Å². The van der Waals surface area contributed by atoms with Crippen molar-refractivity contribution in [2.75, 3.05) is 24.8 Å². The van der Waals surface area contributed by atoms with Crippen molar-refractivity contribution < 1.29 is 9.53 Å². The summed E-state index contributed by atoms with van der Waals surface area (Å²) < 4.78 is 5.88. The third kappa shape index (κ3) is 3.21. The molecule has 0 saturated carbocycles. The first-order valence-electron chi connectivity index (χ1n) is 5.30. The maximum atomic E-state index is 12.0. The quantitative estimate of drug-likeness (QED) is 0.893. The van der Waals surface area contributed by atoms with Gasteiger partial charge >= 0.3 is 0 Å². The molecule has 6 nitrogen and oxygen atoms in total. The van der Waals surface area contributed by atoms with Crippen LogP contribution < -0.4 is 15.4 Å². The largest absolute Gasteiger partial charge is 0.497 e. The molecule has 0 aliphatic heterocycles. The van der Waals surface area contributed by atoms with Crippen molar-refractivity contribution in [3.05, 3.63) is 27.7 Å². The number of hydrogen-bond acceptors (Lipinski definition) is 6. The highest BCUT2D eigenvalue weighted by Crippen LogP contribution is 2.28. The molecule has 0 aliphatic rings. The highest BCUT2D eigenvalue weighted by Gasteiger charge is 2.14. The Hall–Kier alpha value is -1.67. The van der Waals surface area contributed by atoms with Gasteiger partial charge in [-0.3, -0.25) is 4.79 Å². The van der Waals surface area contributed by atoms with Gasteiger partial charge in [0.2, 0.25) is 10.1 Å². The Morgan fingerprint density at radius 3 is 2.84 bits per heavy atom. The Morgan fingerprint density at radius 1 is 1.42 bits per heavy atom. The molecule has 1 aromatic heterocycles. The van der Waals surface area contributed by atoms with Gasteiger partial charge in [0.25, 0.3) is 5.91 Å². The van der Waals surface area contributed by atoms with Crippen LogP contribution in [0.3, 0.4) is 0 Å². The summed E-state index contributed by atoms with van der Waals surface area (Å²) in [5.41, 5.74) is 0.616. The van der Waals surface area contributed by atoms with E-state index in [2.05, 4.69) is 36.8 Å². The predicted octanol–water partition coefficient (Wildman–Crippen LogP) is 2.60. The van der Waals surface area contributed by atoms with Crippen LogP contribution in [0.15, 0.2) is 22.7 Å². The SMILES string of the molecule is CNc1nnc(C(=O)Nc2cc(OC)ccc2Br)s1. The Bertz CT molecular complexity index is 602. The minimum absolute atomic E-state index is 0.291. The van der Waals surface area contributed by atoms with E-state index in [0.29, 0.717) is 21.6 Å². The molecule has 1 heterocycles. The first kappa shape index (κ1) is 13.8. The summed E-state index contributed by atoms with van der Waals surface area (Å²) in [5.74, 6) is 0.347. The van der Waals surface area contributed by atoms with Gasteiger partial charge in [-0.1, -0.05) is 11.3 Å². The molecule has 0 aliphatic carbocycles. The lowest BCUT2D eigenvalue weighted by Crippen LogP contribution is -2.12. The smallest absolute Gasteiger partial charge is 0.286 e. The van der Waals surface area contributed by atoms with Gasteiger partial charge in [0.1, 0.15) is 5.75 Å². The summed E-state index contributed by atoms with van der Waals surface area (Å²) >= 11 is 4.55. The number of anilines is 2. The second-order valence-electron chi connectivity index (χ2n) is 3.46. The van der Waals surface area contributed by atoms with Gasteiger partial charge in [0, 0.05) is 17.6 Å². The minimum Gasteiger partial charge on any atom is -0.497 e. The molecule has 0 spiro atoms. The first-order valence-corrected chi connectivity index (χ1v) is 6.91. The van der Waals surface area contributed by atoms with Crippen LogP contribution in [-0.4, -0.2) is 30.3 Å². The number of amides is 1. The maximum Gasteiger partial charge on any atom is 0.286 e. The summed E-state index contributed by atoms with van der Waals surface area (Å²) in [5, 5.41) is 14.1. The standard InChI is InChI=1S/C11H11BrN4O2S/c1-13-11-16-15-10(19-11)9(17)14-8-5-6(18-2)3-4-7(8)12/h3-5H,1-2H3,(H,13,16)(H,14,17). The van der Waals surface area contributed by atoms with Crippen molar-refractivity contribution in [2.24, 2.45) is 0 Å². The Morgan fingerprint density at radius 2 is 2.21 bits per heavy atom. The molecule has 0 saturated heterocycles. The number of nitrogens with one attached hydrogen (secondary N) is 2. The average molecular weight is 343 g/mol. The van der Waals surface area contributed by atoms with Gasteiger partial charge in [-0.2, -0.15) is 0 Å². The molecule has 0 atom stereocenters. The van der Waals surface area contributed by atoms with Crippen LogP contribution in [0.1, 0.15) is 9.80 Å². The van der Waals surface area contributed by atoms with E-state index in [4.69, 9.17) is 4.74 Å². The molecule has 0 radical (unpaired) electrons. The van der Waals surface area contributed by atoms with E-state index >= 15 is 0 Å². The van der Waals surface area contributed by atoms with E-state index < -0.39 is 0 Å². The summed E-state index contributed by atoms with van der Waals surface area (Å²) in [6.07, 6.45) is 0. The molecule has 1 aromatic carbocycles. The summed E-state index contributed by atoms with van der Waals surface area (Å²) in [7, 11) is 3.29. The normalized spacial score (nSPS) is 10.1. The summed E-state index contributed by atoms with van der Waals surface area (Å²) in [6.45, 7) is 0. The third-order valence-electron chi connectivity index (χ3n) is 2.25. The first-order chi connectivity index (χ1) is 9.13. The van der Waals surface area contributed by atoms with Crippen LogP contribution in [-0.2, 0) is 0 Å². The second kappa shape index (κ2) is 5.98. The highest BCUT2D eigenvalue weighted by molar-refractivity contribution is 9.10. The van der Waals surface area contributed by atoms with Crippen LogP contribution >= 0.6 is 27.3 Å². The zero-order valence-corrected chi connectivity index (χ0v) is 12.6. The van der Waals surface area contributed by atoms with Gasteiger partial charge < -0.3 is 15.4 Å². The van der Waals surface area contributed by atoms with E-state index in [1.807, 2.05) is 0 Å². The van der Waals surface area contributed by atoms with Gasteiger partial charge in [-0.25, -0.2) is 0 Å². The van der Waals surface area contributed by atoms with E-state index in [-0.39, 0.29) is 5.91 Å². The number of aromatic nitrogens is 2. The van der Waals surface area contributed by atoms with Crippen molar-refractivity contribution in [3.8, 4) is 5.75 Å². The molecule has 2 rings (SSSR count). The van der Waals surface area contributed by atoms with Crippen LogP contribution in [0.25, 0.3) is 0 Å². The molecule has 0 bridgehead atoms. The van der Waals surface area contributed by atoms with E-state index in [1.165, 1.54) is 11.3 Å². The fourth-order valence-corrected chi connectivity index (χ4v) is 2.26. The number of carbonyl (C=O) groups excluding carboxylic acids is 1. The fourth-order valence-electron chi connectivity index (χ4n) is 1.32. The molecule has 1 amide bonds. The van der Waals surface area contributed by atoms with Crippen molar-refractivity contribution >= 4 is 44.0 Å². The lowest BCUT2D eigenvalue weighted by molar-refractivity contribution is 0.102. The second-order valence-corrected chi connectivity index (χ2v) is 5.29. The zero-order valence-electron chi connectivity index (χ0n) is 10.2. The lowest BCUT2D eigenvalue weighted by Gasteiger charge is -2.07. The predicted molar refractivity (Wildman–Crippen MR) is 78.1 cm³/mol. The third-order valence-corrected chi connectivity index (χ3v) is 3.89. The Balaban J connectivity index is 2.18. The number of nitrogens with zero attached hydrogens (tertiary/aromatic N) is 2. The molecular formula is C11H11BrN4O2S. The molecule has 2 N–H and O–H groups in total. The zero-order chi connectivity index (χ0) is 13.8. The van der Waals surface area contributed by atoms with Crippen LogP contribution in [0.2, 0.25) is 0 Å². The monoisotopic (exact) mass is 342 g/mol. The van der Waals surface area contributed by atoms with Gasteiger partial charge in [-0.15, -0.1) is 10.2 Å². The molecule has 8 heteroatoms. The lowest BCUT2D eigenvalue weighted by atomic mass is 10.3. The number of hydrogen-bond donors (Lipinski definition) is 2. The number of rotatable bonds is 4. The van der Waals surface area contributed by atoms with Gasteiger partial charge in [-0.05, 0) is 28.1 Å². The molecule has 0 fully saturated rings. The Kier molecular flexibility index (Phi) is 4.33. The summed E-state index contributed by atoms with van der Waals surface area (Å²) in [6, 6.07) is 5.32. The van der Waals surface area contributed by atoms with E-state index in [1.54, 1.807) is 32.4 Å². The fraction of sp³-hybridized carbons (Fsp3) is 0.182. The summed E-state index contributed by atoms with van der Waals surface area (Å²) in [4.78, 5) is 12.0. The number of benzene rings is 1. The van der Waals surface area contributed by atoms with Crippen LogP contribution in [0.5, 0.6) is 5.75 Å². The molecule has 100 valence electrons. The Labute approximate surface area is 122 Å². The maximum absolute atomic E-state index is 12.0. The number of carbonyl (C=O) groups is 1. The molecular weight excluding hydrogens is 332 g/mol. The van der Waals surface area contributed by atoms with E-state index in [0.717, 1.165) is 4.47 Å². The molecule has 19 heavy (non-hydrogen) atoms. The van der Waals surface area contributed by atoms with Crippen LogP contribution in [0.4, 0.5) is 10.8 Å². The van der Waals surface area contributed by atoms with Crippen LogP contribution in [0, 0.1) is 0 Å². The minimum atomic E-state index is -0.312. The highest BCUT2D eigenvalue weighted by atomic mass is 79.9. The number of halogens is 1. The van der Waals surface area contributed by atoms with Gasteiger partial charge in [0.15, 0.2) is 0 Å². The van der Waals surface area contributed by atoms with Gasteiger partial charge in [0.05, 0.1) is 12.8 Å².